The van der Waals surface area contributed by atoms with Gasteiger partial charge in [-0.05, 0) is 56.0 Å². The van der Waals surface area contributed by atoms with Crippen LogP contribution in [0, 0.1) is 13.8 Å². The lowest BCUT2D eigenvalue weighted by Crippen LogP contribution is -2.24. The number of carbonyl (C=O) groups is 1. The lowest BCUT2D eigenvalue weighted by molar-refractivity contribution is -0.115. The largest absolute Gasteiger partial charge is 0.486 e. The molecule has 3 rings (SSSR count). The highest BCUT2D eigenvalue weighted by molar-refractivity contribution is 8.00. The van der Waals surface area contributed by atoms with Crippen LogP contribution in [0.15, 0.2) is 47.6 Å². The van der Waals surface area contributed by atoms with Gasteiger partial charge in [-0.15, -0.1) is 10.2 Å². The van der Waals surface area contributed by atoms with E-state index >= 15 is 0 Å². The summed E-state index contributed by atoms with van der Waals surface area (Å²) in [6.45, 7) is 10.3. The van der Waals surface area contributed by atoms with E-state index in [0.717, 1.165) is 22.6 Å². The van der Waals surface area contributed by atoms with E-state index in [1.807, 2.05) is 63.2 Å². The van der Waals surface area contributed by atoms with E-state index in [1.165, 1.54) is 22.0 Å². The fourth-order valence-electron chi connectivity index (χ4n) is 2.98. The maximum Gasteiger partial charge on any atom is 0.237 e. The van der Waals surface area contributed by atoms with Gasteiger partial charge in [0.05, 0.1) is 5.25 Å². The van der Waals surface area contributed by atoms with Crippen LogP contribution < -0.4 is 15.9 Å². The number of ether oxygens (including phenoxy) is 1. The van der Waals surface area contributed by atoms with E-state index in [1.54, 1.807) is 0 Å². The van der Waals surface area contributed by atoms with Crippen LogP contribution >= 0.6 is 11.8 Å². The third-order valence-electron chi connectivity index (χ3n) is 4.94. The first-order valence-corrected chi connectivity index (χ1v) is 11.1. The predicted octanol–water partition coefficient (Wildman–Crippen LogP) is 4.43. The van der Waals surface area contributed by atoms with Crippen molar-refractivity contribution in [2.24, 2.45) is 0 Å². The van der Waals surface area contributed by atoms with Crippen molar-refractivity contribution < 1.29 is 9.53 Å². The highest BCUT2D eigenvalue weighted by Crippen LogP contribution is 2.24. The molecule has 7 nitrogen and oxygen atoms in total. The number of amides is 1. The fraction of sp³-hybridized carbons (Fsp3) is 0.348. The van der Waals surface area contributed by atoms with Crippen LogP contribution in [-0.4, -0.2) is 26.0 Å². The van der Waals surface area contributed by atoms with Crippen LogP contribution in [0.5, 0.6) is 5.75 Å². The lowest BCUT2D eigenvalue weighted by Gasteiger charge is -2.13. The number of nitrogens with two attached hydrogens (primary N) is 1. The summed E-state index contributed by atoms with van der Waals surface area (Å²) >= 11 is 1.25. The highest BCUT2D eigenvalue weighted by atomic mass is 32.2. The molecule has 1 unspecified atom stereocenters. The topological polar surface area (TPSA) is 95.1 Å². The van der Waals surface area contributed by atoms with Gasteiger partial charge in [-0.25, -0.2) is 4.68 Å². The minimum Gasteiger partial charge on any atom is -0.486 e. The van der Waals surface area contributed by atoms with Crippen LogP contribution in [-0.2, 0) is 11.4 Å². The Morgan fingerprint density at radius 1 is 1.13 bits per heavy atom. The summed E-state index contributed by atoms with van der Waals surface area (Å²) in [5, 5.41) is 11.2. The number of rotatable bonds is 8. The summed E-state index contributed by atoms with van der Waals surface area (Å²) in [4.78, 5) is 12.6. The number of anilines is 1. The molecule has 0 saturated carbocycles. The van der Waals surface area contributed by atoms with Crippen molar-refractivity contribution >= 4 is 23.4 Å². The van der Waals surface area contributed by atoms with E-state index in [0.29, 0.717) is 16.9 Å². The van der Waals surface area contributed by atoms with Gasteiger partial charge in [-0.3, -0.25) is 4.79 Å². The van der Waals surface area contributed by atoms with Crippen LogP contribution in [0.2, 0.25) is 0 Å². The molecule has 0 spiro atoms. The Hall–Kier alpha value is -3.00. The van der Waals surface area contributed by atoms with Crippen molar-refractivity contribution in [1.82, 2.24) is 14.9 Å². The molecule has 1 aromatic heterocycles. The average molecular weight is 440 g/mol. The van der Waals surface area contributed by atoms with Crippen molar-refractivity contribution in [1.29, 1.82) is 0 Å². The predicted molar refractivity (Wildman–Crippen MR) is 125 cm³/mol. The normalized spacial score (nSPS) is 12.1. The number of benzene rings is 2. The molecule has 0 aliphatic carbocycles. The molecule has 3 N–H and O–H groups in total. The number of carbonyl (C=O) groups excluding carboxylic acids is 1. The SMILES string of the molecule is Cc1ccc(NC(=O)C(C)Sc2nnc(COc3ccc(C(C)C)cc3)n2N)c(C)c1. The summed E-state index contributed by atoms with van der Waals surface area (Å²) in [7, 11) is 0. The second kappa shape index (κ2) is 9.87. The van der Waals surface area contributed by atoms with Gasteiger partial charge in [0, 0.05) is 5.69 Å². The van der Waals surface area contributed by atoms with Gasteiger partial charge in [0.25, 0.3) is 0 Å². The van der Waals surface area contributed by atoms with Gasteiger partial charge in [0.15, 0.2) is 5.82 Å². The Morgan fingerprint density at radius 2 is 1.84 bits per heavy atom. The molecule has 0 fully saturated rings. The quantitative estimate of drug-likeness (QED) is 0.398. The number of hydrogen-bond donors (Lipinski definition) is 2. The van der Waals surface area contributed by atoms with Crippen molar-refractivity contribution in [2.75, 3.05) is 11.2 Å². The third kappa shape index (κ3) is 5.79. The Kier molecular flexibility index (Phi) is 7.22. The zero-order valence-corrected chi connectivity index (χ0v) is 19.4. The first-order chi connectivity index (χ1) is 14.7. The monoisotopic (exact) mass is 439 g/mol. The number of nitrogens with zero attached hydrogens (tertiary/aromatic N) is 3. The maximum absolute atomic E-state index is 12.6. The molecule has 0 bridgehead atoms. The van der Waals surface area contributed by atoms with Gasteiger partial charge in [-0.2, -0.15) is 0 Å². The van der Waals surface area contributed by atoms with Gasteiger partial charge in [-0.1, -0.05) is 55.4 Å². The third-order valence-corrected chi connectivity index (χ3v) is 6.00. The summed E-state index contributed by atoms with van der Waals surface area (Å²) in [5.41, 5.74) is 4.23. The summed E-state index contributed by atoms with van der Waals surface area (Å²) in [6, 6.07) is 13.9. The summed E-state index contributed by atoms with van der Waals surface area (Å²) in [6.07, 6.45) is 0. The van der Waals surface area contributed by atoms with Crippen molar-refractivity contribution in [3.05, 3.63) is 65.0 Å². The highest BCUT2D eigenvalue weighted by Gasteiger charge is 2.20. The molecule has 1 heterocycles. The zero-order valence-electron chi connectivity index (χ0n) is 18.5. The summed E-state index contributed by atoms with van der Waals surface area (Å²) in [5.74, 6) is 7.70. The molecule has 1 amide bonds. The number of aryl methyl sites for hydroxylation is 2. The fourth-order valence-corrected chi connectivity index (χ4v) is 3.77. The Balaban J connectivity index is 1.58. The molecule has 1 atom stereocenters. The smallest absolute Gasteiger partial charge is 0.237 e. The van der Waals surface area contributed by atoms with E-state index < -0.39 is 5.25 Å². The molecular formula is C23H29N5O2S. The average Bonchev–Trinajstić information content (AvgIpc) is 3.08. The van der Waals surface area contributed by atoms with Crippen LogP contribution in [0.4, 0.5) is 5.69 Å². The van der Waals surface area contributed by atoms with E-state index in [-0.39, 0.29) is 12.5 Å². The zero-order chi connectivity index (χ0) is 22.5. The van der Waals surface area contributed by atoms with Gasteiger partial charge in [0.1, 0.15) is 12.4 Å². The van der Waals surface area contributed by atoms with Crippen LogP contribution in [0.3, 0.4) is 0 Å². The van der Waals surface area contributed by atoms with Crippen LogP contribution in [0.1, 0.15) is 49.2 Å². The maximum atomic E-state index is 12.6. The van der Waals surface area contributed by atoms with E-state index in [9.17, 15) is 4.79 Å². The summed E-state index contributed by atoms with van der Waals surface area (Å²) < 4.78 is 7.15. The van der Waals surface area contributed by atoms with Crippen molar-refractivity contribution in [3.63, 3.8) is 0 Å². The van der Waals surface area contributed by atoms with E-state index in [4.69, 9.17) is 10.6 Å². The second-order valence-corrected chi connectivity index (χ2v) is 9.16. The second-order valence-electron chi connectivity index (χ2n) is 7.85. The first kappa shape index (κ1) is 22.7. The molecule has 0 aliphatic rings. The molecule has 0 aliphatic heterocycles. The van der Waals surface area contributed by atoms with Gasteiger partial charge in [0.2, 0.25) is 11.1 Å². The Bertz CT molecular complexity index is 1050. The number of aromatic nitrogens is 3. The van der Waals surface area contributed by atoms with Gasteiger partial charge >= 0.3 is 0 Å². The standard InChI is InChI=1S/C23H29N5O2S/c1-14(2)18-7-9-19(10-8-18)30-13-21-26-27-23(28(21)24)31-17(5)22(29)25-20-11-6-15(3)12-16(20)4/h6-12,14,17H,13,24H2,1-5H3,(H,25,29). The van der Waals surface area contributed by atoms with Crippen molar-refractivity contribution in [3.8, 4) is 5.75 Å². The molecule has 31 heavy (non-hydrogen) atoms. The van der Waals surface area contributed by atoms with Gasteiger partial charge < -0.3 is 15.9 Å². The minimum atomic E-state index is -0.399. The molecule has 3 aromatic rings. The number of nitrogen functional groups attached to an aromatic ring is 1. The van der Waals surface area contributed by atoms with E-state index in [2.05, 4.69) is 29.4 Å². The Morgan fingerprint density at radius 3 is 2.48 bits per heavy atom. The number of thioether (sulfide) groups is 1. The molecule has 2 aromatic carbocycles. The molecule has 0 saturated heterocycles. The first-order valence-electron chi connectivity index (χ1n) is 10.2. The molecule has 0 radical (unpaired) electrons. The number of nitrogens with one attached hydrogen (secondary N) is 1. The lowest BCUT2D eigenvalue weighted by atomic mass is 10.0. The molecule has 8 heteroatoms. The Labute approximate surface area is 187 Å². The minimum absolute atomic E-state index is 0.122. The molecule has 164 valence electrons. The number of hydrogen-bond acceptors (Lipinski definition) is 6. The molecular weight excluding hydrogens is 410 g/mol. The van der Waals surface area contributed by atoms with Crippen molar-refractivity contribution in [2.45, 2.75) is 57.5 Å². The van der Waals surface area contributed by atoms with Crippen LogP contribution in [0.25, 0.3) is 0 Å².